The number of rotatable bonds is 7. The van der Waals surface area contributed by atoms with E-state index in [1.807, 2.05) is 41.8 Å². The second-order valence-electron chi connectivity index (χ2n) is 7.50. The summed E-state index contributed by atoms with van der Waals surface area (Å²) in [7, 11) is 1.71. The van der Waals surface area contributed by atoms with Crippen LogP contribution in [0.2, 0.25) is 0 Å². The van der Waals surface area contributed by atoms with Gasteiger partial charge >= 0.3 is 0 Å². The number of hydrogen-bond acceptors (Lipinski definition) is 6. The van der Waals surface area contributed by atoms with Crippen LogP contribution in [0.25, 0.3) is 21.3 Å². The summed E-state index contributed by atoms with van der Waals surface area (Å²) in [4.78, 5) is 32.6. The Hall–Kier alpha value is -3.87. The number of anilines is 1. The molecular formula is C24H20FN5O2S. The molecule has 0 aliphatic carbocycles. The molecule has 0 unspecified atom stereocenters. The Bertz CT molecular complexity index is 1410. The number of nitrogens with zero attached hydrogens (tertiary/aromatic N) is 4. The third-order valence-electron chi connectivity index (χ3n) is 5.02. The number of carbonyl (C=O) groups excluding carboxylic acids is 1. The van der Waals surface area contributed by atoms with Crippen molar-refractivity contribution in [3.8, 4) is 17.2 Å². The average Bonchev–Trinajstić information content (AvgIpc) is 3.21. The van der Waals surface area contributed by atoms with E-state index >= 15 is 0 Å². The van der Waals surface area contributed by atoms with Crippen molar-refractivity contribution in [1.82, 2.24) is 14.5 Å². The van der Waals surface area contributed by atoms with Crippen molar-refractivity contribution in [1.29, 1.82) is 5.26 Å². The van der Waals surface area contributed by atoms with E-state index in [4.69, 9.17) is 0 Å². The van der Waals surface area contributed by atoms with Crippen molar-refractivity contribution in [3.63, 3.8) is 0 Å². The fourth-order valence-electron chi connectivity index (χ4n) is 3.56. The Morgan fingerprint density at radius 2 is 2.03 bits per heavy atom. The molecule has 0 spiro atoms. The number of aromatic nitrogens is 2. The maximum absolute atomic E-state index is 13.3. The third kappa shape index (κ3) is 4.98. The fourth-order valence-corrected chi connectivity index (χ4v) is 4.52. The highest BCUT2D eigenvalue weighted by Gasteiger charge is 2.18. The van der Waals surface area contributed by atoms with Gasteiger partial charge in [0.05, 0.1) is 24.5 Å². The number of amides is 1. The number of hydrogen-bond donors (Lipinski definition) is 1. The minimum atomic E-state index is -0.440. The lowest BCUT2D eigenvalue weighted by atomic mass is 10.1. The predicted molar refractivity (Wildman–Crippen MR) is 126 cm³/mol. The average molecular weight is 462 g/mol. The molecule has 1 amide bonds. The van der Waals surface area contributed by atoms with Gasteiger partial charge in [0.2, 0.25) is 5.91 Å². The van der Waals surface area contributed by atoms with Crippen LogP contribution in [0, 0.1) is 17.1 Å². The Morgan fingerprint density at radius 3 is 2.76 bits per heavy atom. The Labute approximate surface area is 193 Å². The van der Waals surface area contributed by atoms with E-state index < -0.39 is 5.82 Å². The number of carbonyl (C=O) groups is 1. The first-order chi connectivity index (χ1) is 16.0. The van der Waals surface area contributed by atoms with Gasteiger partial charge in [0.15, 0.2) is 0 Å². The largest absolute Gasteiger partial charge is 0.325 e. The summed E-state index contributed by atoms with van der Waals surface area (Å²) in [5.74, 6) is -0.373. The number of benzene rings is 2. The molecule has 2 aromatic carbocycles. The van der Waals surface area contributed by atoms with E-state index in [2.05, 4.69) is 10.3 Å². The number of fused-ring (bicyclic) bond motifs is 1. The quantitative estimate of drug-likeness (QED) is 0.451. The summed E-state index contributed by atoms with van der Waals surface area (Å²) >= 11 is 1.37. The molecule has 0 saturated carbocycles. The van der Waals surface area contributed by atoms with Crippen molar-refractivity contribution < 1.29 is 9.18 Å². The van der Waals surface area contributed by atoms with Crippen LogP contribution in [0.4, 0.5) is 10.1 Å². The third-order valence-corrected chi connectivity index (χ3v) is 5.89. The molecule has 2 heterocycles. The highest BCUT2D eigenvalue weighted by atomic mass is 32.1. The van der Waals surface area contributed by atoms with Gasteiger partial charge in [0, 0.05) is 16.6 Å². The SMILES string of the molecule is CN(CC(=O)Nc1cccc(F)c1)Cc1nc2scc(-c3ccccc3)c2c(=O)n1CC#N. The summed E-state index contributed by atoms with van der Waals surface area (Å²) in [5.41, 5.74) is 1.77. The normalized spacial score (nSPS) is 11.0. The maximum atomic E-state index is 13.3. The van der Waals surface area contributed by atoms with Crippen molar-refractivity contribution >= 4 is 33.1 Å². The molecule has 0 radical (unpaired) electrons. The smallest absolute Gasteiger partial charge is 0.263 e. The second-order valence-corrected chi connectivity index (χ2v) is 8.36. The van der Waals surface area contributed by atoms with Gasteiger partial charge in [-0.15, -0.1) is 11.3 Å². The molecule has 9 heteroatoms. The van der Waals surface area contributed by atoms with Crippen molar-refractivity contribution in [2.45, 2.75) is 13.1 Å². The molecule has 4 aromatic rings. The van der Waals surface area contributed by atoms with Crippen LogP contribution in [0.3, 0.4) is 0 Å². The van der Waals surface area contributed by atoms with Gasteiger partial charge in [0.1, 0.15) is 23.0 Å². The van der Waals surface area contributed by atoms with E-state index in [0.717, 1.165) is 11.1 Å². The molecule has 0 saturated heterocycles. The number of nitriles is 1. The van der Waals surface area contributed by atoms with Crippen molar-refractivity contribution in [3.05, 3.63) is 82.0 Å². The first kappa shape index (κ1) is 22.3. The van der Waals surface area contributed by atoms with E-state index in [1.54, 1.807) is 18.0 Å². The molecule has 4 rings (SSSR count). The Morgan fingerprint density at radius 1 is 1.24 bits per heavy atom. The van der Waals surface area contributed by atoms with E-state index in [-0.39, 0.29) is 31.1 Å². The lowest BCUT2D eigenvalue weighted by Gasteiger charge is -2.18. The van der Waals surface area contributed by atoms with Crippen LogP contribution < -0.4 is 10.9 Å². The molecule has 166 valence electrons. The molecular weight excluding hydrogens is 441 g/mol. The molecule has 1 N–H and O–H groups in total. The summed E-state index contributed by atoms with van der Waals surface area (Å²) in [6.45, 7) is 0.0309. The molecule has 7 nitrogen and oxygen atoms in total. The number of halogens is 1. The lowest BCUT2D eigenvalue weighted by Crippen LogP contribution is -2.33. The first-order valence-electron chi connectivity index (χ1n) is 10.1. The lowest BCUT2D eigenvalue weighted by molar-refractivity contribution is -0.117. The maximum Gasteiger partial charge on any atom is 0.263 e. The monoisotopic (exact) mass is 461 g/mol. The summed E-state index contributed by atoms with van der Waals surface area (Å²) in [5, 5.41) is 14.3. The van der Waals surface area contributed by atoms with Crippen molar-refractivity contribution in [2.75, 3.05) is 18.9 Å². The van der Waals surface area contributed by atoms with Crippen LogP contribution in [0.15, 0.2) is 64.8 Å². The van der Waals surface area contributed by atoms with Gasteiger partial charge in [-0.1, -0.05) is 36.4 Å². The molecule has 2 aromatic heterocycles. The molecule has 33 heavy (non-hydrogen) atoms. The van der Waals surface area contributed by atoms with Gasteiger partial charge < -0.3 is 5.32 Å². The highest BCUT2D eigenvalue weighted by molar-refractivity contribution is 7.17. The summed E-state index contributed by atoms with van der Waals surface area (Å²) < 4.78 is 14.7. The molecule has 0 bridgehead atoms. The summed E-state index contributed by atoms with van der Waals surface area (Å²) in [6, 6.07) is 17.2. The van der Waals surface area contributed by atoms with Crippen LogP contribution in [0.5, 0.6) is 0 Å². The van der Waals surface area contributed by atoms with Gasteiger partial charge in [-0.25, -0.2) is 9.37 Å². The molecule has 0 atom stereocenters. The predicted octanol–water partition coefficient (Wildman–Crippen LogP) is 3.86. The first-order valence-corrected chi connectivity index (χ1v) is 11.0. The second kappa shape index (κ2) is 9.73. The zero-order chi connectivity index (χ0) is 23.4. The molecule has 0 aliphatic rings. The van der Waals surface area contributed by atoms with Gasteiger partial charge in [0.25, 0.3) is 5.56 Å². The van der Waals surface area contributed by atoms with Crippen LogP contribution in [-0.2, 0) is 17.9 Å². The van der Waals surface area contributed by atoms with E-state index in [9.17, 15) is 19.2 Å². The number of nitrogens with one attached hydrogen (secondary N) is 1. The van der Waals surface area contributed by atoms with Gasteiger partial charge in [-0.05, 0) is 30.8 Å². The topological polar surface area (TPSA) is 91.0 Å². The number of thiophene rings is 1. The van der Waals surface area contributed by atoms with E-state index in [0.29, 0.717) is 21.7 Å². The Balaban J connectivity index is 1.59. The molecule has 0 aliphatic heterocycles. The van der Waals surface area contributed by atoms with Gasteiger partial charge in [-0.2, -0.15) is 5.26 Å². The van der Waals surface area contributed by atoms with Crippen LogP contribution >= 0.6 is 11.3 Å². The summed E-state index contributed by atoms with van der Waals surface area (Å²) in [6.07, 6.45) is 0. The molecule has 0 fully saturated rings. The van der Waals surface area contributed by atoms with Crippen LogP contribution in [-0.4, -0.2) is 34.0 Å². The minimum Gasteiger partial charge on any atom is -0.325 e. The zero-order valence-corrected chi connectivity index (χ0v) is 18.6. The highest BCUT2D eigenvalue weighted by Crippen LogP contribution is 2.31. The zero-order valence-electron chi connectivity index (χ0n) is 17.8. The standard InChI is InChI=1S/C24H20FN5O2S/c1-29(14-21(31)27-18-9-5-8-17(25)12-18)13-20-28-23-22(24(32)30(20)11-10-26)19(15-33-23)16-6-3-2-4-7-16/h2-9,12,15H,11,13-14H2,1H3,(H,27,31). The fraction of sp³-hybridized carbons (Fsp3) is 0.167. The van der Waals surface area contributed by atoms with Gasteiger partial charge in [-0.3, -0.25) is 19.1 Å². The Kier molecular flexibility index (Phi) is 6.58. The van der Waals surface area contributed by atoms with Crippen LogP contribution in [0.1, 0.15) is 5.82 Å². The van der Waals surface area contributed by atoms with E-state index in [1.165, 1.54) is 34.1 Å². The minimum absolute atomic E-state index is 0.00329. The number of likely N-dealkylation sites (N-methyl/N-ethyl adjacent to an activating group) is 1. The van der Waals surface area contributed by atoms with Crippen molar-refractivity contribution in [2.24, 2.45) is 0 Å².